The number of nitrogens with one attached hydrogen (secondary N) is 1. The smallest absolute Gasteiger partial charge is 0.365 e. The van der Waals surface area contributed by atoms with E-state index < -0.39 is 5.97 Å². The van der Waals surface area contributed by atoms with Gasteiger partial charge >= 0.3 is 5.97 Å². The molecule has 33 heavy (non-hydrogen) atoms. The Hall–Kier alpha value is -4.11. The van der Waals surface area contributed by atoms with Crippen LogP contribution in [0.3, 0.4) is 0 Å². The number of anilines is 1. The number of benzene rings is 3. The monoisotopic (exact) mass is 459 g/mol. The van der Waals surface area contributed by atoms with Gasteiger partial charge in [-0.05, 0) is 36.0 Å². The number of para-hydroxylation sites is 3. The highest BCUT2D eigenvalue weighted by Gasteiger charge is 2.22. The molecule has 0 bridgehead atoms. The highest BCUT2D eigenvalue weighted by molar-refractivity contribution is 8.15. The summed E-state index contributed by atoms with van der Waals surface area (Å²) in [5.74, 6) is 0.631. The number of rotatable bonds is 6. The fourth-order valence-corrected chi connectivity index (χ4v) is 3.85. The van der Waals surface area contributed by atoms with E-state index in [0.29, 0.717) is 22.4 Å². The first-order valence-corrected chi connectivity index (χ1v) is 10.8. The Labute approximate surface area is 195 Å². The van der Waals surface area contributed by atoms with Crippen LogP contribution >= 0.6 is 11.8 Å². The van der Waals surface area contributed by atoms with Gasteiger partial charge in [0.1, 0.15) is 5.75 Å². The number of hydrogen-bond acceptors (Lipinski definition) is 8. The number of hydrazone groups is 1. The zero-order valence-corrected chi connectivity index (χ0v) is 18.8. The molecule has 0 aliphatic carbocycles. The molecule has 0 atom stereocenters. The predicted molar refractivity (Wildman–Crippen MR) is 129 cm³/mol. The number of carbonyl (C=O) groups is 1. The van der Waals surface area contributed by atoms with Gasteiger partial charge in [0, 0.05) is 11.3 Å². The lowest BCUT2D eigenvalue weighted by molar-refractivity contribution is -0.132. The van der Waals surface area contributed by atoms with Crippen molar-refractivity contribution in [1.29, 1.82) is 0 Å². The summed E-state index contributed by atoms with van der Waals surface area (Å²) in [7, 11) is 2.87. The second-order valence-electron chi connectivity index (χ2n) is 6.67. The van der Waals surface area contributed by atoms with Crippen molar-refractivity contribution in [2.45, 2.75) is 5.16 Å². The van der Waals surface area contributed by atoms with Crippen molar-refractivity contribution in [3.63, 3.8) is 0 Å². The summed E-state index contributed by atoms with van der Waals surface area (Å²) < 4.78 is 12.2. The number of hydrogen-bond donors (Lipinski definition) is 1. The SMILES string of the molecule is COC(=O)C(=NNc1ccccc1OC)Sc1nnc(-c2ccccc2)n1-c1ccccc1. The van der Waals surface area contributed by atoms with Crippen LogP contribution in [0.1, 0.15) is 0 Å². The lowest BCUT2D eigenvalue weighted by atomic mass is 10.2. The van der Waals surface area contributed by atoms with Crippen LogP contribution in [0.5, 0.6) is 5.75 Å². The van der Waals surface area contributed by atoms with Crippen LogP contribution in [-0.4, -0.2) is 40.0 Å². The lowest BCUT2D eigenvalue weighted by Crippen LogP contribution is -2.15. The van der Waals surface area contributed by atoms with Crippen LogP contribution in [0.2, 0.25) is 0 Å². The third-order valence-electron chi connectivity index (χ3n) is 4.61. The quantitative estimate of drug-likeness (QED) is 0.148. The Balaban J connectivity index is 1.74. The molecule has 1 heterocycles. The van der Waals surface area contributed by atoms with Crippen molar-refractivity contribution < 1.29 is 14.3 Å². The Morgan fingerprint density at radius 3 is 2.27 bits per heavy atom. The molecule has 0 unspecified atom stereocenters. The van der Waals surface area contributed by atoms with Gasteiger partial charge < -0.3 is 9.47 Å². The van der Waals surface area contributed by atoms with Gasteiger partial charge in [0.25, 0.3) is 0 Å². The standard InChI is InChI=1S/C24H21N5O3S/c1-31-20-16-10-9-15-19(20)25-27-22(23(30)32-2)33-24-28-26-21(17-11-5-3-6-12-17)29(24)18-13-7-4-8-14-18/h3-16,25H,1-2H3. The van der Waals surface area contributed by atoms with E-state index in [4.69, 9.17) is 9.47 Å². The van der Waals surface area contributed by atoms with Crippen LogP contribution in [0.4, 0.5) is 5.69 Å². The average Bonchev–Trinajstić information content (AvgIpc) is 3.30. The molecule has 3 aromatic carbocycles. The first-order chi connectivity index (χ1) is 16.2. The number of nitrogens with zero attached hydrogens (tertiary/aromatic N) is 4. The first kappa shape index (κ1) is 22.1. The normalized spacial score (nSPS) is 11.2. The number of carbonyl (C=O) groups excluding carboxylic acids is 1. The molecule has 0 saturated heterocycles. The third-order valence-corrected chi connectivity index (χ3v) is 5.51. The molecule has 1 N–H and O–H groups in total. The summed E-state index contributed by atoms with van der Waals surface area (Å²) in [6.45, 7) is 0. The Kier molecular flexibility index (Phi) is 7.01. The van der Waals surface area contributed by atoms with Crippen LogP contribution in [0.25, 0.3) is 17.1 Å². The van der Waals surface area contributed by atoms with Gasteiger partial charge in [-0.15, -0.1) is 10.2 Å². The molecule has 4 aromatic rings. The molecule has 0 radical (unpaired) electrons. The molecular weight excluding hydrogens is 438 g/mol. The minimum Gasteiger partial charge on any atom is -0.495 e. The molecule has 166 valence electrons. The molecular formula is C24H21N5O3S. The molecule has 0 fully saturated rings. The van der Waals surface area contributed by atoms with E-state index in [1.54, 1.807) is 19.2 Å². The van der Waals surface area contributed by atoms with Gasteiger partial charge in [0.05, 0.1) is 19.9 Å². The molecule has 4 rings (SSSR count). The van der Waals surface area contributed by atoms with Crippen molar-refractivity contribution in [2.24, 2.45) is 5.10 Å². The minimum absolute atomic E-state index is 0.0626. The summed E-state index contributed by atoms with van der Waals surface area (Å²) in [5.41, 5.74) is 5.23. The fraction of sp³-hybridized carbons (Fsp3) is 0.0833. The molecule has 0 saturated carbocycles. The number of methoxy groups -OCH3 is 2. The maximum atomic E-state index is 12.5. The third kappa shape index (κ3) is 5.04. The zero-order valence-electron chi connectivity index (χ0n) is 18.0. The average molecular weight is 460 g/mol. The number of ether oxygens (including phenoxy) is 2. The predicted octanol–water partition coefficient (Wildman–Crippen LogP) is 4.63. The molecule has 0 amide bonds. The van der Waals surface area contributed by atoms with Crippen LogP contribution in [-0.2, 0) is 9.53 Å². The van der Waals surface area contributed by atoms with E-state index in [1.165, 1.54) is 7.11 Å². The number of thioether (sulfide) groups is 1. The first-order valence-electron chi connectivity index (χ1n) is 10.0. The zero-order chi connectivity index (χ0) is 23.0. The fourth-order valence-electron chi connectivity index (χ4n) is 3.05. The summed E-state index contributed by atoms with van der Waals surface area (Å²) >= 11 is 1.05. The molecule has 0 spiro atoms. The Morgan fingerprint density at radius 1 is 0.909 bits per heavy atom. The van der Waals surface area contributed by atoms with Gasteiger partial charge in [-0.2, -0.15) is 5.10 Å². The molecule has 9 heteroatoms. The van der Waals surface area contributed by atoms with E-state index in [1.807, 2.05) is 77.4 Å². The van der Waals surface area contributed by atoms with Crippen LogP contribution < -0.4 is 10.2 Å². The molecule has 1 aromatic heterocycles. The van der Waals surface area contributed by atoms with Gasteiger partial charge in [-0.25, -0.2) is 4.79 Å². The van der Waals surface area contributed by atoms with Crippen molar-refractivity contribution >= 4 is 28.5 Å². The topological polar surface area (TPSA) is 90.6 Å². The Morgan fingerprint density at radius 2 is 1.58 bits per heavy atom. The van der Waals surface area contributed by atoms with Crippen molar-refractivity contribution in [2.75, 3.05) is 19.6 Å². The number of esters is 1. The number of aromatic nitrogens is 3. The molecule has 0 aliphatic heterocycles. The summed E-state index contributed by atoms with van der Waals surface area (Å²) in [6.07, 6.45) is 0. The van der Waals surface area contributed by atoms with E-state index in [-0.39, 0.29) is 5.04 Å². The lowest BCUT2D eigenvalue weighted by Gasteiger charge is -2.11. The van der Waals surface area contributed by atoms with Crippen molar-refractivity contribution in [3.05, 3.63) is 84.9 Å². The summed E-state index contributed by atoms with van der Waals surface area (Å²) in [4.78, 5) is 12.5. The van der Waals surface area contributed by atoms with Crippen molar-refractivity contribution in [1.82, 2.24) is 14.8 Å². The molecule has 8 nitrogen and oxygen atoms in total. The van der Waals surface area contributed by atoms with Crippen molar-refractivity contribution in [3.8, 4) is 22.8 Å². The second kappa shape index (κ2) is 10.5. The van der Waals surface area contributed by atoms with Crippen LogP contribution in [0.15, 0.2) is 95.2 Å². The van der Waals surface area contributed by atoms with E-state index in [9.17, 15) is 4.79 Å². The maximum absolute atomic E-state index is 12.5. The summed E-state index contributed by atoms with van der Waals surface area (Å²) in [6, 6.07) is 26.7. The van der Waals surface area contributed by atoms with Gasteiger partial charge in [-0.1, -0.05) is 60.7 Å². The second-order valence-corrected chi connectivity index (χ2v) is 7.62. The van der Waals surface area contributed by atoms with Gasteiger partial charge in [0.15, 0.2) is 5.82 Å². The van der Waals surface area contributed by atoms with E-state index in [0.717, 1.165) is 23.0 Å². The maximum Gasteiger partial charge on any atom is 0.365 e. The van der Waals surface area contributed by atoms with E-state index in [2.05, 4.69) is 20.7 Å². The van der Waals surface area contributed by atoms with Gasteiger partial charge in [-0.3, -0.25) is 9.99 Å². The minimum atomic E-state index is -0.605. The molecule has 0 aliphatic rings. The van der Waals surface area contributed by atoms with E-state index >= 15 is 0 Å². The van der Waals surface area contributed by atoms with Gasteiger partial charge in [0.2, 0.25) is 10.2 Å². The summed E-state index contributed by atoms with van der Waals surface area (Å²) in [5, 5.41) is 13.5. The highest BCUT2D eigenvalue weighted by atomic mass is 32.2. The Bertz CT molecular complexity index is 1260. The largest absolute Gasteiger partial charge is 0.495 e. The van der Waals surface area contributed by atoms with Crippen LogP contribution in [0, 0.1) is 0 Å². The highest BCUT2D eigenvalue weighted by Crippen LogP contribution is 2.29.